The molecule has 186 valence electrons. The summed E-state index contributed by atoms with van der Waals surface area (Å²) < 4.78 is 32.3. The Morgan fingerprint density at radius 2 is 1.68 bits per heavy atom. The fourth-order valence-electron chi connectivity index (χ4n) is 5.69. The van der Waals surface area contributed by atoms with E-state index < -0.39 is 11.3 Å². The van der Waals surface area contributed by atoms with E-state index in [0.29, 0.717) is 58.2 Å². The lowest BCUT2D eigenvalue weighted by Crippen LogP contribution is -2.50. The largest absolute Gasteiger partial charge is 0.466 e. The Balaban J connectivity index is 1.28. The molecule has 6 nitrogen and oxygen atoms in total. The molecule has 1 aliphatic heterocycles. The third-order valence-corrected chi connectivity index (χ3v) is 8.06. The monoisotopic (exact) mass is 476 g/mol. The van der Waals surface area contributed by atoms with Crippen molar-refractivity contribution < 1.29 is 27.9 Å². The summed E-state index contributed by atoms with van der Waals surface area (Å²) in [5, 5.41) is 2.73. The number of hydrogen-bond donors (Lipinski definition) is 1. The van der Waals surface area contributed by atoms with E-state index in [2.05, 4.69) is 5.32 Å². The Kier molecular flexibility index (Phi) is 6.97. The number of esters is 1. The van der Waals surface area contributed by atoms with Crippen LogP contribution in [0.15, 0.2) is 30.3 Å². The summed E-state index contributed by atoms with van der Waals surface area (Å²) in [6.07, 6.45) is 2.62. The molecule has 1 spiro atoms. The van der Waals surface area contributed by atoms with E-state index in [1.807, 2.05) is 30.3 Å². The number of piperidine rings is 1. The molecule has 1 heterocycles. The van der Waals surface area contributed by atoms with Gasteiger partial charge in [0.15, 0.2) is 0 Å². The van der Waals surface area contributed by atoms with Gasteiger partial charge in [-0.15, -0.1) is 0 Å². The van der Waals surface area contributed by atoms with Gasteiger partial charge in [0, 0.05) is 31.8 Å². The molecule has 3 fully saturated rings. The van der Waals surface area contributed by atoms with Gasteiger partial charge in [-0.25, -0.2) is 8.78 Å². The quantitative estimate of drug-likeness (QED) is 0.609. The highest BCUT2D eigenvalue weighted by molar-refractivity contribution is 5.88. The van der Waals surface area contributed by atoms with Gasteiger partial charge >= 0.3 is 5.97 Å². The zero-order valence-corrected chi connectivity index (χ0v) is 19.8. The Hall–Kier alpha value is -2.51. The van der Waals surface area contributed by atoms with Crippen LogP contribution in [-0.4, -0.2) is 54.8 Å². The zero-order chi connectivity index (χ0) is 24.4. The number of nitrogens with zero attached hydrogens (tertiary/aromatic N) is 1. The molecule has 1 unspecified atom stereocenters. The van der Waals surface area contributed by atoms with Crippen molar-refractivity contribution >= 4 is 17.8 Å². The molecule has 0 radical (unpaired) electrons. The molecular weight excluding hydrogens is 442 g/mol. The van der Waals surface area contributed by atoms with Crippen molar-refractivity contribution in [3.05, 3.63) is 35.9 Å². The van der Waals surface area contributed by atoms with Crippen LogP contribution in [-0.2, 0) is 25.5 Å². The van der Waals surface area contributed by atoms with Gasteiger partial charge in [-0.2, -0.15) is 0 Å². The lowest BCUT2D eigenvalue weighted by Gasteiger charge is -2.40. The van der Waals surface area contributed by atoms with E-state index in [1.165, 1.54) is 0 Å². The minimum Gasteiger partial charge on any atom is -0.466 e. The number of carbonyl (C=O) groups is 3. The lowest BCUT2D eigenvalue weighted by molar-refractivity contribution is -0.160. The third kappa shape index (κ3) is 5.26. The minimum atomic E-state index is -2.61. The van der Waals surface area contributed by atoms with Crippen molar-refractivity contribution in [2.24, 2.45) is 16.7 Å². The number of alkyl halides is 2. The van der Waals surface area contributed by atoms with Gasteiger partial charge in [-0.1, -0.05) is 30.3 Å². The molecule has 1 N–H and O–H groups in total. The van der Waals surface area contributed by atoms with Gasteiger partial charge in [-0.3, -0.25) is 14.4 Å². The number of ether oxygens (including phenoxy) is 1. The van der Waals surface area contributed by atoms with E-state index in [4.69, 9.17) is 4.74 Å². The first kappa shape index (κ1) is 24.6. The number of halogens is 2. The van der Waals surface area contributed by atoms with Crippen molar-refractivity contribution in [1.29, 1.82) is 0 Å². The molecule has 1 aromatic carbocycles. The summed E-state index contributed by atoms with van der Waals surface area (Å²) in [6, 6.07) is 9.80. The number of rotatable bonds is 7. The Labute approximate surface area is 199 Å². The maximum Gasteiger partial charge on any atom is 0.312 e. The van der Waals surface area contributed by atoms with Crippen LogP contribution in [0.1, 0.15) is 57.4 Å². The van der Waals surface area contributed by atoms with Crippen molar-refractivity contribution in [2.45, 2.75) is 64.2 Å². The van der Waals surface area contributed by atoms with Crippen molar-refractivity contribution in [2.75, 3.05) is 26.2 Å². The molecule has 4 rings (SSSR count). The average Bonchev–Trinajstić information content (AvgIpc) is 3.55. The van der Waals surface area contributed by atoms with E-state index in [0.717, 1.165) is 5.56 Å². The highest BCUT2D eigenvalue weighted by Crippen LogP contribution is 2.63. The van der Waals surface area contributed by atoms with Crippen LogP contribution in [0, 0.1) is 16.7 Å². The summed E-state index contributed by atoms with van der Waals surface area (Å²) >= 11 is 0. The normalized spacial score (nSPS) is 24.3. The number of nitrogens with one attached hydrogen (secondary N) is 1. The zero-order valence-electron chi connectivity index (χ0n) is 19.8. The van der Waals surface area contributed by atoms with Crippen LogP contribution in [0.3, 0.4) is 0 Å². The second-order valence-electron chi connectivity index (χ2n) is 10.2. The molecule has 1 atom stereocenters. The maximum absolute atomic E-state index is 13.5. The molecule has 1 saturated heterocycles. The molecule has 0 bridgehead atoms. The van der Waals surface area contributed by atoms with Crippen LogP contribution in [0.5, 0.6) is 0 Å². The van der Waals surface area contributed by atoms with Gasteiger partial charge < -0.3 is 15.0 Å². The number of carbonyl (C=O) groups excluding carboxylic acids is 3. The molecule has 1 aromatic rings. The van der Waals surface area contributed by atoms with Crippen LogP contribution in [0.2, 0.25) is 0 Å². The van der Waals surface area contributed by atoms with Gasteiger partial charge in [0.1, 0.15) is 0 Å². The summed E-state index contributed by atoms with van der Waals surface area (Å²) in [4.78, 5) is 39.9. The summed E-state index contributed by atoms with van der Waals surface area (Å²) in [6.45, 7) is 2.83. The SMILES string of the molecule is CCOC(=O)C1(Cc2ccccc2)CCN(C(=O)CNC(=O)C2CC23CCC(F)(F)CC3)CC1. The van der Waals surface area contributed by atoms with Gasteiger partial charge in [0.05, 0.1) is 18.6 Å². The predicted molar refractivity (Wildman–Crippen MR) is 122 cm³/mol. The smallest absolute Gasteiger partial charge is 0.312 e. The molecule has 34 heavy (non-hydrogen) atoms. The van der Waals surface area contributed by atoms with Gasteiger partial charge in [0.25, 0.3) is 0 Å². The van der Waals surface area contributed by atoms with Crippen LogP contribution < -0.4 is 5.32 Å². The van der Waals surface area contributed by atoms with Crippen molar-refractivity contribution in [3.8, 4) is 0 Å². The topological polar surface area (TPSA) is 75.7 Å². The second-order valence-corrected chi connectivity index (χ2v) is 10.2. The van der Waals surface area contributed by atoms with Crippen LogP contribution in [0.25, 0.3) is 0 Å². The van der Waals surface area contributed by atoms with Crippen LogP contribution in [0.4, 0.5) is 8.78 Å². The van der Waals surface area contributed by atoms with Gasteiger partial charge in [0.2, 0.25) is 17.7 Å². The Bertz CT molecular complexity index is 903. The fourth-order valence-corrected chi connectivity index (χ4v) is 5.69. The number of likely N-dealkylation sites (tertiary alicyclic amines) is 1. The minimum absolute atomic E-state index is 0.104. The molecule has 0 aromatic heterocycles. The molecule has 8 heteroatoms. The average molecular weight is 477 g/mol. The number of hydrogen-bond acceptors (Lipinski definition) is 4. The van der Waals surface area contributed by atoms with Crippen molar-refractivity contribution in [3.63, 3.8) is 0 Å². The highest BCUT2D eigenvalue weighted by atomic mass is 19.3. The maximum atomic E-state index is 13.5. The molecule has 2 aliphatic carbocycles. The second kappa shape index (κ2) is 9.62. The third-order valence-electron chi connectivity index (χ3n) is 8.06. The first-order chi connectivity index (χ1) is 16.2. The Morgan fingerprint density at radius 1 is 1.03 bits per heavy atom. The van der Waals surface area contributed by atoms with E-state index in [-0.39, 0.29) is 48.5 Å². The molecular formula is C26H34F2N2O4. The summed E-state index contributed by atoms with van der Waals surface area (Å²) in [5.41, 5.74) is 0.0960. The Morgan fingerprint density at radius 3 is 2.29 bits per heavy atom. The summed E-state index contributed by atoms with van der Waals surface area (Å²) in [7, 11) is 0. The molecule has 2 saturated carbocycles. The predicted octanol–water partition coefficient (Wildman–Crippen LogP) is 3.73. The molecule has 2 amide bonds. The van der Waals surface area contributed by atoms with Crippen molar-refractivity contribution in [1.82, 2.24) is 10.2 Å². The lowest BCUT2D eigenvalue weighted by atomic mass is 9.73. The summed E-state index contributed by atoms with van der Waals surface area (Å²) in [5.74, 6) is -3.49. The fraction of sp³-hybridized carbons (Fsp3) is 0.654. The standard InChI is InChI=1S/C26H34F2N2O4/c1-2-34-23(33)25(16-19-6-4-3-5-7-19)12-14-30(15-13-25)21(31)18-29-22(32)20-17-24(20)8-10-26(27,28)11-9-24/h3-7,20H,2,8-18H2,1H3,(H,29,32). The first-order valence-corrected chi connectivity index (χ1v) is 12.3. The van der Waals surface area contributed by atoms with Crippen LogP contribution >= 0.6 is 0 Å². The van der Waals surface area contributed by atoms with E-state index in [1.54, 1.807) is 11.8 Å². The number of benzene rings is 1. The van der Waals surface area contributed by atoms with Gasteiger partial charge in [-0.05, 0) is 56.4 Å². The first-order valence-electron chi connectivity index (χ1n) is 12.3. The van der Waals surface area contributed by atoms with E-state index in [9.17, 15) is 23.2 Å². The highest BCUT2D eigenvalue weighted by Gasteiger charge is 2.60. The number of amides is 2. The molecule has 3 aliphatic rings. The van der Waals surface area contributed by atoms with E-state index >= 15 is 0 Å².